The Labute approximate surface area is 116 Å². The highest BCUT2D eigenvalue weighted by Crippen LogP contribution is 2.05. The predicted octanol–water partition coefficient (Wildman–Crippen LogP) is -0.499. The third-order valence-corrected chi connectivity index (χ3v) is 1.98. The first-order valence-electron chi connectivity index (χ1n) is 6.15. The lowest BCUT2D eigenvalue weighted by Crippen LogP contribution is -2.38. The second-order valence-electron chi connectivity index (χ2n) is 5.08. The fourth-order valence-corrected chi connectivity index (χ4v) is 1.27. The van der Waals surface area contributed by atoms with E-state index >= 15 is 0 Å². The van der Waals surface area contributed by atoms with E-state index in [0.717, 1.165) is 0 Å². The first-order chi connectivity index (χ1) is 9.26. The second-order valence-corrected chi connectivity index (χ2v) is 5.08. The van der Waals surface area contributed by atoms with E-state index in [1.165, 1.54) is 11.0 Å². The summed E-state index contributed by atoms with van der Waals surface area (Å²) in [4.78, 5) is 26.5. The van der Waals surface area contributed by atoms with Crippen molar-refractivity contribution in [2.45, 2.75) is 32.9 Å². The Morgan fingerprint density at radius 1 is 1.35 bits per heavy atom. The molecule has 1 aromatic rings. The van der Waals surface area contributed by atoms with Gasteiger partial charge in [-0.1, -0.05) is 0 Å². The number of hydrogen-bond donors (Lipinski definition) is 3. The number of ether oxygens (including phenoxy) is 1. The molecule has 0 aliphatic carbocycles. The molecule has 0 unspecified atom stereocenters. The number of alkyl carbamates (subject to hydrolysis) is 1. The average molecular weight is 284 g/mol. The standard InChI is InChI=1S/C11H20N6O3/c1-11(2,3)20-10(19)14-5-4-13-8(18)6-17-7-15-9(12)16-17/h7H,4-6H2,1-3H3,(H2,12,16)(H,13,18)(H,14,19). The zero-order valence-corrected chi connectivity index (χ0v) is 11.8. The van der Waals surface area contributed by atoms with Crippen LogP contribution >= 0.6 is 0 Å². The molecule has 0 bridgehead atoms. The molecule has 0 atom stereocenters. The molecule has 9 nitrogen and oxygen atoms in total. The highest BCUT2D eigenvalue weighted by atomic mass is 16.6. The summed E-state index contributed by atoms with van der Waals surface area (Å²) >= 11 is 0. The first kappa shape index (κ1) is 15.7. The quantitative estimate of drug-likeness (QED) is 0.626. The summed E-state index contributed by atoms with van der Waals surface area (Å²) in [6.45, 7) is 5.92. The van der Waals surface area contributed by atoms with Crippen molar-refractivity contribution in [1.29, 1.82) is 0 Å². The van der Waals surface area contributed by atoms with Crippen molar-refractivity contribution in [2.24, 2.45) is 0 Å². The van der Waals surface area contributed by atoms with Gasteiger partial charge in [0.15, 0.2) is 0 Å². The van der Waals surface area contributed by atoms with E-state index in [1.807, 2.05) is 0 Å². The van der Waals surface area contributed by atoms with Gasteiger partial charge in [0.2, 0.25) is 11.9 Å². The minimum Gasteiger partial charge on any atom is -0.444 e. The third-order valence-electron chi connectivity index (χ3n) is 1.98. The molecule has 0 aliphatic heterocycles. The lowest BCUT2D eigenvalue weighted by Gasteiger charge is -2.19. The monoisotopic (exact) mass is 284 g/mol. The summed E-state index contributed by atoms with van der Waals surface area (Å²) in [5.74, 6) is -0.134. The van der Waals surface area contributed by atoms with Gasteiger partial charge in [0.25, 0.3) is 0 Å². The van der Waals surface area contributed by atoms with E-state index in [-0.39, 0.29) is 24.9 Å². The van der Waals surface area contributed by atoms with E-state index in [2.05, 4.69) is 20.7 Å². The van der Waals surface area contributed by atoms with Crippen molar-refractivity contribution >= 4 is 17.9 Å². The molecule has 2 amide bonds. The van der Waals surface area contributed by atoms with Crippen LogP contribution in [0.2, 0.25) is 0 Å². The first-order valence-corrected chi connectivity index (χ1v) is 6.15. The molecule has 0 spiro atoms. The van der Waals surface area contributed by atoms with Crippen LogP contribution in [0, 0.1) is 0 Å². The van der Waals surface area contributed by atoms with E-state index in [9.17, 15) is 9.59 Å². The minimum atomic E-state index is -0.541. The van der Waals surface area contributed by atoms with Gasteiger partial charge >= 0.3 is 6.09 Å². The van der Waals surface area contributed by atoms with Crippen molar-refractivity contribution in [3.63, 3.8) is 0 Å². The number of anilines is 1. The molecule has 4 N–H and O–H groups in total. The Morgan fingerprint density at radius 2 is 2.00 bits per heavy atom. The Hall–Kier alpha value is -2.32. The van der Waals surface area contributed by atoms with Crippen LogP contribution in [-0.4, -0.2) is 45.5 Å². The van der Waals surface area contributed by atoms with Gasteiger partial charge in [-0.3, -0.25) is 4.79 Å². The summed E-state index contributed by atoms with van der Waals surface area (Å²) < 4.78 is 6.37. The molecule has 0 aromatic carbocycles. The number of amides is 2. The van der Waals surface area contributed by atoms with Crippen molar-refractivity contribution in [1.82, 2.24) is 25.4 Å². The van der Waals surface area contributed by atoms with Crippen LogP contribution in [0.4, 0.5) is 10.7 Å². The number of nitrogen functional groups attached to an aromatic ring is 1. The number of hydrogen-bond acceptors (Lipinski definition) is 6. The number of nitrogens with one attached hydrogen (secondary N) is 2. The fraction of sp³-hybridized carbons (Fsp3) is 0.636. The van der Waals surface area contributed by atoms with Crippen LogP contribution < -0.4 is 16.4 Å². The Bertz CT molecular complexity index is 465. The van der Waals surface area contributed by atoms with Gasteiger partial charge in [-0.25, -0.2) is 14.5 Å². The maximum absolute atomic E-state index is 11.5. The van der Waals surface area contributed by atoms with Gasteiger partial charge < -0.3 is 21.1 Å². The molecule has 0 saturated carbocycles. The van der Waals surface area contributed by atoms with Crippen LogP contribution in [0.3, 0.4) is 0 Å². The normalized spacial score (nSPS) is 10.9. The maximum Gasteiger partial charge on any atom is 0.407 e. The zero-order chi connectivity index (χ0) is 15.2. The number of nitrogens with zero attached hydrogens (tertiary/aromatic N) is 3. The number of rotatable bonds is 5. The van der Waals surface area contributed by atoms with Gasteiger partial charge in [-0.05, 0) is 20.8 Å². The molecule has 0 aliphatic rings. The van der Waals surface area contributed by atoms with Crippen LogP contribution in [0.15, 0.2) is 6.33 Å². The van der Waals surface area contributed by atoms with Crippen molar-refractivity contribution < 1.29 is 14.3 Å². The van der Waals surface area contributed by atoms with Gasteiger partial charge in [0, 0.05) is 13.1 Å². The van der Waals surface area contributed by atoms with Crippen LogP contribution in [0.25, 0.3) is 0 Å². The van der Waals surface area contributed by atoms with Crippen molar-refractivity contribution in [2.75, 3.05) is 18.8 Å². The highest BCUT2D eigenvalue weighted by Gasteiger charge is 2.15. The van der Waals surface area contributed by atoms with Gasteiger partial charge in [0.1, 0.15) is 18.5 Å². The Balaban J connectivity index is 2.15. The molecule has 0 fully saturated rings. The minimum absolute atomic E-state index is 0.0244. The maximum atomic E-state index is 11.5. The van der Waals surface area contributed by atoms with Gasteiger partial charge in [-0.2, -0.15) is 0 Å². The fourth-order valence-electron chi connectivity index (χ4n) is 1.27. The number of carbonyl (C=O) groups excluding carboxylic acids is 2. The number of carbonyl (C=O) groups is 2. The van der Waals surface area contributed by atoms with E-state index in [0.29, 0.717) is 6.54 Å². The smallest absolute Gasteiger partial charge is 0.407 e. The van der Waals surface area contributed by atoms with Crippen LogP contribution in [0.5, 0.6) is 0 Å². The largest absolute Gasteiger partial charge is 0.444 e. The number of nitrogens with two attached hydrogens (primary N) is 1. The molecular formula is C11H20N6O3. The molecule has 9 heteroatoms. The van der Waals surface area contributed by atoms with Gasteiger partial charge in [0.05, 0.1) is 0 Å². The molecule has 1 rings (SSSR count). The Morgan fingerprint density at radius 3 is 2.55 bits per heavy atom. The average Bonchev–Trinajstić information content (AvgIpc) is 2.68. The number of aromatic nitrogens is 3. The molecule has 0 radical (unpaired) electrons. The van der Waals surface area contributed by atoms with Crippen molar-refractivity contribution in [3.8, 4) is 0 Å². The third kappa shape index (κ3) is 6.57. The summed E-state index contributed by atoms with van der Waals surface area (Å²) in [5.41, 5.74) is 4.78. The topological polar surface area (TPSA) is 124 Å². The lowest BCUT2D eigenvalue weighted by atomic mass is 10.2. The molecular weight excluding hydrogens is 264 g/mol. The van der Waals surface area contributed by atoms with Crippen molar-refractivity contribution in [3.05, 3.63) is 6.33 Å². The summed E-state index contributed by atoms with van der Waals surface area (Å²) in [7, 11) is 0. The van der Waals surface area contributed by atoms with E-state index < -0.39 is 11.7 Å². The van der Waals surface area contributed by atoms with E-state index in [1.54, 1.807) is 20.8 Å². The molecule has 1 aromatic heterocycles. The SMILES string of the molecule is CC(C)(C)OC(=O)NCCNC(=O)Cn1cnc(N)n1. The molecule has 112 valence electrons. The predicted molar refractivity (Wildman–Crippen MR) is 71.7 cm³/mol. The summed E-state index contributed by atoms with van der Waals surface area (Å²) in [5, 5.41) is 8.93. The summed E-state index contributed by atoms with van der Waals surface area (Å²) in [6.07, 6.45) is 0.851. The van der Waals surface area contributed by atoms with Crippen LogP contribution in [0.1, 0.15) is 20.8 Å². The Kier molecular flexibility index (Phi) is 5.30. The summed E-state index contributed by atoms with van der Waals surface area (Å²) in [6, 6.07) is 0. The molecule has 1 heterocycles. The van der Waals surface area contributed by atoms with Gasteiger partial charge in [-0.15, -0.1) is 5.10 Å². The zero-order valence-electron chi connectivity index (χ0n) is 11.8. The second kappa shape index (κ2) is 6.73. The highest BCUT2D eigenvalue weighted by molar-refractivity contribution is 5.75. The molecule has 20 heavy (non-hydrogen) atoms. The van der Waals surface area contributed by atoms with Crippen LogP contribution in [-0.2, 0) is 16.1 Å². The molecule has 0 saturated heterocycles. The lowest BCUT2D eigenvalue weighted by molar-refractivity contribution is -0.121. The van der Waals surface area contributed by atoms with E-state index in [4.69, 9.17) is 10.5 Å².